The predicted molar refractivity (Wildman–Crippen MR) is 53.5 cm³/mol. The van der Waals surface area contributed by atoms with Crippen LogP contribution in [0, 0.1) is 0 Å². The molecule has 2 fully saturated rings. The molecule has 2 bridgehead atoms. The summed E-state index contributed by atoms with van der Waals surface area (Å²) in [6, 6.07) is 0. The van der Waals surface area contributed by atoms with E-state index in [4.69, 9.17) is 14.2 Å². The number of rotatable bonds is 2. The number of ether oxygens (including phenoxy) is 3. The van der Waals surface area contributed by atoms with Crippen molar-refractivity contribution >= 4 is 11.9 Å². The third-order valence-corrected chi connectivity index (χ3v) is 2.71. The van der Waals surface area contributed by atoms with E-state index in [1.165, 1.54) is 0 Å². The van der Waals surface area contributed by atoms with Gasteiger partial charge in [0.25, 0.3) is 0 Å². The zero-order valence-electron chi connectivity index (χ0n) is 9.10. The van der Waals surface area contributed by atoms with Gasteiger partial charge in [0.1, 0.15) is 0 Å². The van der Waals surface area contributed by atoms with E-state index in [1.54, 1.807) is 6.92 Å². The largest absolute Gasteiger partial charge is 0.456 e. The Bertz CT molecular complexity index is 335. The summed E-state index contributed by atoms with van der Waals surface area (Å²) >= 11 is 0. The molecule has 0 spiro atoms. The number of hydrogen-bond donors (Lipinski definition) is 0. The molecule has 0 aromatic heterocycles. The fraction of sp³-hybridized carbons (Fsp3) is 0.636. The van der Waals surface area contributed by atoms with Crippen LogP contribution in [0.15, 0.2) is 12.2 Å². The Labute approximate surface area is 93.4 Å². The molecule has 5 nitrogen and oxygen atoms in total. The van der Waals surface area contributed by atoms with Gasteiger partial charge in [0.2, 0.25) is 0 Å². The topological polar surface area (TPSA) is 61.8 Å². The average Bonchev–Trinajstić information content (AvgIpc) is 2.49. The van der Waals surface area contributed by atoms with Crippen molar-refractivity contribution in [2.45, 2.75) is 38.1 Å². The highest BCUT2D eigenvalue weighted by Crippen LogP contribution is 2.28. The SMILES string of the molecule is C=C(C)C(=O)OC1C2CCC(=O)OC1CO2. The average molecular weight is 226 g/mol. The predicted octanol–water partition coefficient (Wildman–Crippen LogP) is 0.579. The lowest BCUT2D eigenvalue weighted by molar-refractivity contribution is -0.159. The van der Waals surface area contributed by atoms with Gasteiger partial charge in [-0.3, -0.25) is 4.79 Å². The van der Waals surface area contributed by atoms with Crippen molar-refractivity contribution in [2.75, 3.05) is 6.61 Å². The molecule has 2 heterocycles. The summed E-state index contributed by atoms with van der Waals surface area (Å²) in [6.07, 6.45) is -0.357. The Morgan fingerprint density at radius 1 is 1.50 bits per heavy atom. The molecule has 3 atom stereocenters. The third kappa shape index (κ3) is 2.09. The van der Waals surface area contributed by atoms with Gasteiger partial charge in [0.15, 0.2) is 12.2 Å². The second-order valence-electron chi connectivity index (χ2n) is 4.09. The van der Waals surface area contributed by atoms with Gasteiger partial charge in [0.05, 0.1) is 12.7 Å². The smallest absolute Gasteiger partial charge is 0.333 e. The fourth-order valence-electron chi connectivity index (χ4n) is 1.86. The molecule has 0 aliphatic carbocycles. The van der Waals surface area contributed by atoms with E-state index in [-0.39, 0.29) is 12.1 Å². The number of carbonyl (C=O) groups is 2. The molecule has 0 aromatic carbocycles. The summed E-state index contributed by atoms with van der Waals surface area (Å²) in [5.74, 6) is -0.726. The minimum Gasteiger partial charge on any atom is -0.456 e. The van der Waals surface area contributed by atoms with Crippen LogP contribution in [0.4, 0.5) is 0 Å². The lowest BCUT2D eigenvalue weighted by Gasteiger charge is -2.19. The molecule has 0 N–H and O–H groups in total. The van der Waals surface area contributed by atoms with Crippen LogP contribution in [-0.4, -0.2) is 36.9 Å². The van der Waals surface area contributed by atoms with E-state index in [0.29, 0.717) is 25.0 Å². The Balaban J connectivity index is 2.06. The molecule has 5 heteroatoms. The van der Waals surface area contributed by atoms with Crippen LogP contribution in [-0.2, 0) is 23.8 Å². The van der Waals surface area contributed by atoms with Crippen molar-refractivity contribution in [1.82, 2.24) is 0 Å². The summed E-state index contributed by atoms with van der Waals surface area (Å²) in [7, 11) is 0. The number of fused-ring (bicyclic) bond motifs is 2. The molecule has 0 saturated carbocycles. The van der Waals surface area contributed by atoms with Gasteiger partial charge in [-0.05, 0) is 13.3 Å². The Morgan fingerprint density at radius 2 is 2.25 bits per heavy atom. The molecule has 2 aliphatic rings. The van der Waals surface area contributed by atoms with Gasteiger partial charge in [-0.2, -0.15) is 0 Å². The van der Waals surface area contributed by atoms with Crippen molar-refractivity contribution in [3.8, 4) is 0 Å². The first-order valence-corrected chi connectivity index (χ1v) is 5.25. The summed E-state index contributed by atoms with van der Waals surface area (Å²) in [5, 5.41) is 0. The first kappa shape index (κ1) is 11.1. The lowest BCUT2D eigenvalue weighted by atomic mass is 10.1. The van der Waals surface area contributed by atoms with E-state index in [0.717, 1.165) is 0 Å². The fourth-order valence-corrected chi connectivity index (χ4v) is 1.86. The van der Waals surface area contributed by atoms with Crippen LogP contribution in [0.25, 0.3) is 0 Å². The highest BCUT2D eigenvalue weighted by atomic mass is 16.6. The molecule has 0 radical (unpaired) electrons. The maximum atomic E-state index is 11.4. The molecule has 0 aromatic rings. The molecular formula is C11H14O5. The minimum atomic E-state index is -0.490. The van der Waals surface area contributed by atoms with Gasteiger partial charge in [-0.25, -0.2) is 4.79 Å². The van der Waals surface area contributed by atoms with Gasteiger partial charge in [-0.15, -0.1) is 0 Å². The molecule has 16 heavy (non-hydrogen) atoms. The van der Waals surface area contributed by atoms with Crippen molar-refractivity contribution in [3.05, 3.63) is 12.2 Å². The van der Waals surface area contributed by atoms with Gasteiger partial charge in [-0.1, -0.05) is 6.58 Å². The van der Waals surface area contributed by atoms with Gasteiger partial charge in [0, 0.05) is 12.0 Å². The third-order valence-electron chi connectivity index (χ3n) is 2.71. The standard InChI is InChI=1S/C11H14O5/c1-6(2)11(13)16-10-7-3-4-9(12)15-8(10)5-14-7/h7-8,10H,1,3-5H2,2H3. The highest BCUT2D eigenvalue weighted by Gasteiger charge is 2.45. The van der Waals surface area contributed by atoms with E-state index < -0.39 is 18.2 Å². The van der Waals surface area contributed by atoms with Crippen LogP contribution in [0.2, 0.25) is 0 Å². The molecule has 3 unspecified atom stereocenters. The number of hydrogen-bond acceptors (Lipinski definition) is 5. The van der Waals surface area contributed by atoms with Crippen LogP contribution in [0.5, 0.6) is 0 Å². The zero-order valence-corrected chi connectivity index (χ0v) is 9.10. The summed E-state index contributed by atoms with van der Waals surface area (Å²) in [5.41, 5.74) is 0.329. The Morgan fingerprint density at radius 3 is 2.94 bits per heavy atom. The summed E-state index contributed by atoms with van der Waals surface area (Å²) < 4.78 is 15.8. The van der Waals surface area contributed by atoms with Crippen molar-refractivity contribution < 1.29 is 23.8 Å². The van der Waals surface area contributed by atoms with E-state index in [9.17, 15) is 9.59 Å². The molecular weight excluding hydrogens is 212 g/mol. The van der Waals surface area contributed by atoms with Crippen LogP contribution >= 0.6 is 0 Å². The highest BCUT2D eigenvalue weighted by molar-refractivity contribution is 5.87. The van der Waals surface area contributed by atoms with E-state index in [2.05, 4.69) is 6.58 Å². The maximum Gasteiger partial charge on any atom is 0.333 e. The summed E-state index contributed by atoms with van der Waals surface area (Å²) in [4.78, 5) is 22.6. The Hall–Kier alpha value is -1.36. The molecule has 2 aliphatic heterocycles. The molecule has 2 saturated heterocycles. The Kier molecular flexibility index (Phi) is 2.96. The van der Waals surface area contributed by atoms with Gasteiger partial charge < -0.3 is 14.2 Å². The molecule has 2 rings (SSSR count). The van der Waals surface area contributed by atoms with E-state index in [1.807, 2.05) is 0 Å². The first-order valence-electron chi connectivity index (χ1n) is 5.25. The van der Waals surface area contributed by atoms with Crippen LogP contribution < -0.4 is 0 Å². The first-order chi connectivity index (χ1) is 7.58. The molecule has 88 valence electrons. The second-order valence-corrected chi connectivity index (χ2v) is 4.09. The normalized spacial score (nSPS) is 32.8. The van der Waals surface area contributed by atoms with Crippen molar-refractivity contribution in [1.29, 1.82) is 0 Å². The van der Waals surface area contributed by atoms with Gasteiger partial charge >= 0.3 is 11.9 Å². The molecule has 0 amide bonds. The van der Waals surface area contributed by atoms with E-state index >= 15 is 0 Å². The van der Waals surface area contributed by atoms with Crippen LogP contribution in [0.3, 0.4) is 0 Å². The summed E-state index contributed by atoms with van der Waals surface area (Å²) in [6.45, 7) is 5.38. The number of carbonyl (C=O) groups excluding carboxylic acids is 2. The maximum absolute atomic E-state index is 11.4. The van der Waals surface area contributed by atoms with Crippen molar-refractivity contribution in [3.63, 3.8) is 0 Å². The lowest BCUT2D eigenvalue weighted by Crippen LogP contribution is -2.35. The van der Waals surface area contributed by atoms with Crippen molar-refractivity contribution in [2.24, 2.45) is 0 Å². The minimum absolute atomic E-state index is 0.236. The second kappa shape index (κ2) is 4.25. The van der Waals surface area contributed by atoms with Crippen LogP contribution in [0.1, 0.15) is 19.8 Å². The monoisotopic (exact) mass is 226 g/mol. The zero-order chi connectivity index (χ0) is 11.7. The quantitative estimate of drug-likeness (QED) is 0.509. The number of esters is 2.